The van der Waals surface area contributed by atoms with Crippen molar-refractivity contribution in [1.82, 2.24) is 9.97 Å². The second-order valence-electron chi connectivity index (χ2n) is 6.73. The molecule has 3 rings (SSSR count). The minimum absolute atomic E-state index is 0.0192. The van der Waals surface area contributed by atoms with Gasteiger partial charge in [0.2, 0.25) is 5.95 Å². The molecule has 0 fully saturated rings. The van der Waals surface area contributed by atoms with Crippen molar-refractivity contribution in [3.8, 4) is 5.75 Å². The molecule has 0 amide bonds. The summed E-state index contributed by atoms with van der Waals surface area (Å²) in [4.78, 5) is 17.6. The van der Waals surface area contributed by atoms with Crippen LogP contribution in [0.15, 0.2) is 54.7 Å². The van der Waals surface area contributed by atoms with Gasteiger partial charge in [0.15, 0.2) is 0 Å². The number of aromatic nitrogens is 2. The number of aryl methyl sites for hydroxylation is 2. The predicted molar refractivity (Wildman–Crippen MR) is 115 cm³/mol. The second-order valence-corrected chi connectivity index (χ2v) is 6.73. The van der Waals surface area contributed by atoms with Crippen molar-refractivity contribution in [2.75, 3.05) is 11.1 Å². The number of aromatic hydroxyl groups is 1. The van der Waals surface area contributed by atoms with Crippen molar-refractivity contribution in [2.45, 2.75) is 32.4 Å². The Kier molecular flexibility index (Phi) is 8.39. The van der Waals surface area contributed by atoms with E-state index in [1.807, 2.05) is 12.1 Å². The molecule has 0 spiro atoms. The summed E-state index contributed by atoms with van der Waals surface area (Å²) in [6.07, 6.45) is -2.60. The zero-order valence-corrected chi connectivity index (χ0v) is 17.2. The first-order valence-corrected chi connectivity index (χ1v) is 9.64. The van der Waals surface area contributed by atoms with Crippen LogP contribution in [0.1, 0.15) is 30.0 Å². The van der Waals surface area contributed by atoms with Gasteiger partial charge in [-0.2, -0.15) is 18.2 Å². The molecular formula is C22H23F3N4O3. The lowest BCUT2D eigenvalue weighted by molar-refractivity contribution is -0.138. The number of halogens is 3. The van der Waals surface area contributed by atoms with Crippen molar-refractivity contribution in [3.63, 3.8) is 0 Å². The molecule has 5 N–H and O–H groups in total. The topological polar surface area (TPSA) is 121 Å². The molecule has 0 aliphatic heterocycles. The number of phenolic OH excluding ortho intramolecular Hbond substituents is 1. The molecule has 0 aliphatic rings. The highest BCUT2D eigenvalue weighted by molar-refractivity contribution is 5.67. The number of phenols is 1. The first kappa shape index (κ1) is 24.4. The first-order chi connectivity index (χ1) is 15.1. The Hall–Kier alpha value is -3.82. The molecule has 32 heavy (non-hydrogen) atoms. The number of carboxylic acid groups (broad SMARTS) is 1. The molecule has 0 atom stereocenters. The molecule has 0 saturated heterocycles. The van der Waals surface area contributed by atoms with Gasteiger partial charge >= 0.3 is 12.1 Å². The van der Waals surface area contributed by atoms with Crippen LogP contribution in [0.25, 0.3) is 0 Å². The fraction of sp³-hybridized carbons (Fsp3) is 0.227. The Balaban J connectivity index is 0.000000336. The minimum Gasteiger partial charge on any atom is -0.508 e. The summed E-state index contributed by atoms with van der Waals surface area (Å²) in [6, 6.07) is 14.0. The summed E-state index contributed by atoms with van der Waals surface area (Å²) in [6.45, 7) is 2.06. The number of alkyl halides is 3. The summed E-state index contributed by atoms with van der Waals surface area (Å²) in [5.41, 5.74) is 6.74. The molecular weight excluding hydrogens is 425 g/mol. The third-order valence-electron chi connectivity index (χ3n) is 4.28. The zero-order chi connectivity index (χ0) is 23.7. The van der Waals surface area contributed by atoms with Crippen LogP contribution in [0.4, 0.5) is 30.6 Å². The number of carbonyl (C=O) groups is 1. The minimum atomic E-state index is -4.60. The van der Waals surface area contributed by atoms with Crippen LogP contribution < -0.4 is 11.1 Å². The number of rotatable bonds is 6. The molecule has 1 heterocycles. The van der Waals surface area contributed by atoms with E-state index in [1.54, 1.807) is 36.4 Å². The summed E-state index contributed by atoms with van der Waals surface area (Å²) < 4.78 is 37.7. The molecule has 3 aromatic rings. The summed E-state index contributed by atoms with van der Waals surface area (Å²) >= 11 is 0. The van der Waals surface area contributed by atoms with Gasteiger partial charge in [0.25, 0.3) is 0 Å². The highest BCUT2D eigenvalue weighted by atomic mass is 19.4. The lowest BCUT2D eigenvalue weighted by Gasteiger charge is -2.10. The van der Waals surface area contributed by atoms with Crippen LogP contribution in [0.5, 0.6) is 5.75 Å². The van der Waals surface area contributed by atoms with E-state index in [-0.39, 0.29) is 12.4 Å². The summed E-state index contributed by atoms with van der Waals surface area (Å²) in [5.74, 6) is -1.25. The van der Waals surface area contributed by atoms with Gasteiger partial charge in [0.1, 0.15) is 17.1 Å². The Morgan fingerprint density at radius 1 is 1.12 bits per heavy atom. The van der Waals surface area contributed by atoms with Crippen LogP contribution in [0.3, 0.4) is 0 Å². The Bertz CT molecular complexity index is 1040. The van der Waals surface area contributed by atoms with Gasteiger partial charge in [-0.3, -0.25) is 4.79 Å². The van der Waals surface area contributed by atoms with E-state index < -0.39 is 23.5 Å². The molecule has 0 bridgehead atoms. The average Bonchev–Trinajstić information content (AvgIpc) is 2.73. The van der Waals surface area contributed by atoms with E-state index >= 15 is 0 Å². The second kappa shape index (κ2) is 11.0. The molecule has 170 valence electrons. The number of nitrogens with one attached hydrogen (secondary N) is 1. The standard InChI is InChI=1S/C14H13F3N4O2.C8H10O/c15-14(16,17)10-7-19-13(21-12(10)18)20-9-4-1-8(2-5-9)3-6-11(22)23;1-2-7-4-3-5-8(9)6-7/h1-2,4-5,7H,3,6H2,(H,22,23)(H3,18,19,20,21);3-6,9H,2H2,1H3. The van der Waals surface area contributed by atoms with Crippen molar-refractivity contribution < 1.29 is 28.2 Å². The Labute approximate surface area is 182 Å². The van der Waals surface area contributed by atoms with Crippen molar-refractivity contribution in [1.29, 1.82) is 0 Å². The normalized spacial score (nSPS) is 10.8. The molecule has 0 radical (unpaired) electrons. The number of aliphatic carboxylic acids is 1. The van der Waals surface area contributed by atoms with Gasteiger partial charge in [-0.15, -0.1) is 0 Å². The zero-order valence-electron chi connectivity index (χ0n) is 17.2. The maximum Gasteiger partial charge on any atom is 0.421 e. The van der Waals surface area contributed by atoms with Crippen LogP contribution in [0, 0.1) is 0 Å². The van der Waals surface area contributed by atoms with Gasteiger partial charge in [0, 0.05) is 18.3 Å². The fourth-order valence-electron chi connectivity index (χ4n) is 2.59. The number of hydrogen-bond donors (Lipinski definition) is 4. The molecule has 2 aromatic carbocycles. The quantitative estimate of drug-likeness (QED) is 0.428. The number of anilines is 3. The lowest BCUT2D eigenvalue weighted by Crippen LogP contribution is -2.12. The van der Waals surface area contributed by atoms with Crippen LogP contribution in [0.2, 0.25) is 0 Å². The van der Waals surface area contributed by atoms with E-state index in [1.165, 1.54) is 5.56 Å². The van der Waals surface area contributed by atoms with Crippen LogP contribution in [-0.4, -0.2) is 26.2 Å². The molecule has 0 saturated carbocycles. The highest BCUT2D eigenvalue weighted by Crippen LogP contribution is 2.32. The molecule has 10 heteroatoms. The number of carboxylic acids is 1. The number of nitrogens with zero attached hydrogens (tertiary/aromatic N) is 2. The molecule has 1 aromatic heterocycles. The number of nitrogens with two attached hydrogens (primary N) is 1. The third-order valence-corrected chi connectivity index (χ3v) is 4.28. The molecule has 0 unspecified atom stereocenters. The number of benzene rings is 2. The largest absolute Gasteiger partial charge is 0.508 e. The van der Waals surface area contributed by atoms with Crippen molar-refractivity contribution in [3.05, 3.63) is 71.4 Å². The van der Waals surface area contributed by atoms with Gasteiger partial charge in [-0.25, -0.2) is 4.98 Å². The van der Waals surface area contributed by atoms with Crippen molar-refractivity contribution in [2.24, 2.45) is 0 Å². The van der Waals surface area contributed by atoms with E-state index in [0.29, 0.717) is 24.1 Å². The number of nitrogen functional groups attached to an aromatic ring is 1. The monoisotopic (exact) mass is 448 g/mol. The summed E-state index contributed by atoms with van der Waals surface area (Å²) in [7, 11) is 0. The Morgan fingerprint density at radius 3 is 2.31 bits per heavy atom. The predicted octanol–water partition coefficient (Wildman–Crippen LogP) is 4.79. The fourth-order valence-corrected chi connectivity index (χ4v) is 2.59. The van der Waals surface area contributed by atoms with Gasteiger partial charge in [-0.1, -0.05) is 31.2 Å². The summed E-state index contributed by atoms with van der Waals surface area (Å²) in [5, 5.41) is 20.3. The van der Waals surface area contributed by atoms with Crippen LogP contribution >= 0.6 is 0 Å². The first-order valence-electron chi connectivity index (χ1n) is 9.64. The van der Waals surface area contributed by atoms with Crippen LogP contribution in [-0.2, 0) is 23.8 Å². The molecule has 0 aliphatic carbocycles. The van der Waals surface area contributed by atoms with Gasteiger partial charge in [-0.05, 0) is 48.2 Å². The SMILES string of the molecule is CCc1cccc(O)c1.Nc1nc(Nc2ccc(CCC(=O)O)cc2)ncc1C(F)(F)F. The number of hydrogen-bond acceptors (Lipinski definition) is 6. The highest BCUT2D eigenvalue weighted by Gasteiger charge is 2.34. The molecule has 7 nitrogen and oxygen atoms in total. The van der Waals surface area contributed by atoms with E-state index in [2.05, 4.69) is 22.2 Å². The maximum absolute atomic E-state index is 12.6. The smallest absolute Gasteiger partial charge is 0.421 e. The van der Waals surface area contributed by atoms with E-state index in [0.717, 1.165) is 12.0 Å². The Morgan fingerprint density at radius 2 is 1.81 bits per heavy atom. The third kappa shape index (κ3) is 7.78. The van der Waals surface area contributed by atoms with Crippen molar-refractivity contribution >= 4 is 23.4 Å². The van der Waals surface area contributed by atoms with Gasteiger partial charge in [0.05, 0.1) is 0 Å². The van der Waals surface area contributed by atoms with E-state index in [4.69, 9.17) is 15.9 Å². The van der Waals surface area contributed by atoms with Gasteiger partial charge < -0.3 is 21.3 Å². The van der Waals surface area contributed by atoms with E-state index in [9.17, 15) is 18.0 Å². The maximum atomic E-state index is 12.6. The lowest BCUT2D eigenvalue weighted by atomic mass is 10.1. The average molecular weight is 448 g/mol.